The molecular weight excluding hydrogens is 326 g/mol. The first-order valence-electron chi connectivity index (χ1n) is 8.89. The van der Waals surface area contributed by atoms with Gasteiger partial charge in [-0.1, -0.05) is 43.7 Å². The summed E-state index contributed by atoms with van der Waals surface area (Å²) in [5, 5.41) is 1.05. The lowest BCUT2D eigenvalue weighted by atomic mass is 10.0. The Kier molecular flexibility index (Phi) is 5.58. The van der Waals surface area contributed by atoms with Gasteiger partial charge in [0.25, 0.3) is 0 Å². The van der Waals surface area contributed by atoms with Gasteiger partial charge in [-0.3, -0.25) is 10.2 Å². The van der Waals surface area contributed by atoms with Crippen LogP contribution in [0.15, 0.2) is 48.5 Å². The smallest absolute Gasteiger partial charge is 0.238 e. The highest BCUT2D eigenvalue weighted by molar-refractivity contribution is 5.91. The van der Waals surface area contributed by atoms with Crippen molar-refractivity contribution in [3.63, 3.8) is 0 Å². The van der Waals surface area contributed by atoms with Crippen molar-refractivity contribution < 1.29 is 9.53 Å². The summed E-state index contributed by atoms with van der Waals surface area (Å²) in [5.41, 5.74) is 6.80. The molecule has 0 saturated carbocycles. The van der Waals surface area contributed by atoms with Gasteiger partial charge >= 0.3 is 0 Å². The zero-order valence-corrected chi connectivity index (χ0v) is 15.3. The maximum absolute atomic E-state index is 12.0. The number of ether oxygens (including phenoxy) is 1. The molecule has 5 nitrogen and oxygen atoms in total. The second-order valence-corrected chi connectivity index (χ2v) is 6.37. The van der Waals surface area contributed by atoms with Crippen molar-refractivity contribution in [2.75, 3.05) is 7.11 Å². The molecular formula is C21H25N3O2. The quantitative estimate of drug-likeness (QED) is 0.390. The Morgan fingerprint density at radius 2 is 1.96 bits per heavy atom. The zero-order chi connectivity index (χ0) is 18.5. The van der Waals surface area contributed by atoms with Gasteiger partial charge in [-0.15, -0.1) is 0 Å². The molecule has 2 aromatic carbocycles. The first-order chi connectivity index (χ1) is 12.7. The van der Waals surface area contributed by atoms with Gasteiger partial charge in [-0.25, -0.2) is 5.84 Å². The maximum atomic E-state index is 12.0. The SMILES string of the molecule is CCCc1c(CC(=O)NN)c2cc(OC)ccc2n1Cc1ccccc1. The van der Waals surface area contributed by atoms with Crippen LogP contribution in [-0.2, 0) is 24.2 Å². The number of methoxy groups -OCH3 is 1. The highest BCUT2D eigenvalue weighted by Gasteiger charge is 2.19. The predicted molar refractivity (Wildman–Crippen MR) is 104 cm³/mol. The third-order valence-electron chi connectivity index (χ3n) is 4.66. The van der Waals surface area contributed by atoms with Crippen LogP contribution in [0, 0.1) is 0 Å². The van der Waals surface area contributed by atoms with E-state index in [1.165, 1.54) is 11.3 Å². The average molecular weight is 351 g/mol. The van der Waals surface area contributed by atoms with Crippen LogP contribution >= 0.6 is 0 Å². The van der Waals surface area contributed by atoms with Crippen LogP contribution in [0.5, 0.6) is 5.75 Å². The van der Waals surface area contributed by atoms with E-state index in [1.807, 2.05) is 30.3 Å². The van der Waals surface area contributed by atoms with Gasteiger partial charge in [0.15, 0.2) is 0 Å². The van der Waals surface area contributed by atoms with Crippen LogP contribution in [0.3, 0.4) is 0 Å². The third kappa shape index (κ3) is 3.58. The third-order valence-corrected chi connectivity index (χ3v) is 4.66. The van der Waals surface area contributed by atoms with Gasteiger partial charge < -0.3 is 9.30 Å². The molecule has 3 rings (SSSR count). The fourth-order valence-electron chi connectivity index (χ4n) is 3.46. The molecule has 0 unspecified atom stereocenters. The first kappa shape index (κ1) is 18.0. The van der Waals surface area contributed by atoms with E-state index in [4.69, 9.17) is 10.6 Å². The van der Waals surface area contributed by atoms with Crippen molar-refractivity contribution in [2.24, 2.45) is 5.84 Å². The summed E-state index contributed by atoms with van der Waals surface area (Å²) in [4.78, 5) is 12.0. The number of hydrogen-bond acceptors (Lipinski definition) is 3. The largest absolute Gasteiger partial charge is 0.497 e. The fraction of sp³-hybridized carbons (Fsp3) is 0.286. The molecule has 26 heavy (non-hydrogen) atoms. The van der Waals surface area contributed by atoms with Gasteiger partial charge in [0, 0.05) is 23.1 Å². The number of aromatic nitrogens is 1. The van der Waals surface area contributed by atoms with E-state index in [9.17, 15) is 4.79 Å². The molecule has 1 heterocycles. The van der Waals surface area contributed by atoms with Crippen molar-refractivity contribution >= 4 is 16.8 Å². The van der Waals surface area contributed by atoms with Crippen LogP contribution in [0.25, 0.3) is 10.9 Å². The minimum Gasteiger partial charge on any atom is -0.497 e. The van der Waals surface area contributed by atoms with Gasteiger partial charge in [0.2, 0.25) is 5.91 Å². The molecule has 3 aromatic rings. The molecule has 0 spiro atoms. The van der Waals surface area contributed by atoms with E-state index in [1.54, 1.807) is 7.11 Å². The van der Waals surface area contributed by atoms with Crippen LogP contribution in [0.4, 0.5) is 0 Å². The van der Waals surface area contributed by atoms with Crippen LogP contribution < -0.4 is 16.0 Å². The summed E-state index contributed by atoms with van der Waals surface area (Å²) >= 11 is 0. The average Bonchev–Trinajstić information content (AvgIpc) is 2.95. The van der Waals surface area contributed by atoms with Crippen molar-refractivity contribution in [1.29, 1.82) is 0 Å². The summed E-state index contributed by atoms with van der Waals surface area (Å²) in [6.07, 6.45) is 2.16. The molecule has 0 atom stereocenters. The Labute approximate surface area is 153 Å². The Morgan fingerprint density at radius 3 is 2.62 bits per heavy atom. The summed E-state index contributed by atoms with van der Waals surface area (Å²) in [6.45, 7) is 2.92. The maximum Gasteiger partial charge on any atom is 0.238 e. The Bertz CT molecular complexity index is 901. The van der Waals surface area contributed by atoms with Crippen molar-refractivity contribution in [1.82, 2.24) is 9.99 Å². The molecule has 1 amide bonds. The first-order valence-corrected chi connectivity index (χ1v) is 8.89. The molecule has 0 fully saturated rings. The molecule has 0 aliphatic heterocycles. The Morgan fingerprint density at radius 1 is 1.19 bits per heavy atom. The number of nitrogens with zero attached hydrogens (tertiary/aromatic N) is 1. The summed E-state index contributed by atoms with van der Waals surface area (Å²) < 4.78 is 7.71. The van der Waals surface area contributed by atoms with E-state index < -0.39 is 0 Å². The summed E-state index contributed by atoms with van der Waals surface area (Å²) in [6, 6.07) is 16.4. The van der Waals surface area contributed by atoms with E-state index >= 15 is 0 Å². The van der Waals surface area contributed by atoms with Crippen molar-refractivity contribution in [3.8, 4) is 5.75 Å². The number of nitrogens with two attached hydrogens (primary N) is 1. The van der Waals surface area contributed by atoms with E-state index in [0.717, 1.165) is 41.6 Å². The van der Waals surface area contributed by atoms with Crippen molar-refractivity contribution in [2.45, 2.75) is 32.7 Å². The van der Waals surface area contributed by atoms with Gasteiger partial charge in [0.1, 0.15) is 5.75 Å². The summed E-state index contributed by atoms with van der Waals surface area (Å²) in [5.74, 6) is 5.94. The molecule has 5 heteroatoms. The van der Waals surface area contributed by atoms with E-state index in [2.05, 4.69) is 35.1 Å². The lowest BCUT2D eigenvalue weighted by Crippen LogP contribution is -2.31. The number of nitrogens with one attached hydrogen (secondary N) is 1. The number of benzene rings is 2. The van der Waals surface area contributed by atoms with Gasteiger partial charge in [-0.2, -0.15) is 0 Å². The minimum atomic E-state index is -0.191. The predicted octanol–water partition coefficient (Wildman–Crippen LogP) is 3.18. The number of carbonyl (C=O) groups is 1. The molecule has 0 bridgehead atoms. The number of carbonyl (C=O) groups excluding carboxylic acids is 1. The minimum absolute atomic E-state index is 0.191. The number of rotatable bonds is 7. The topological polar surface area (TPSA) is 69.3 Å². The lowest BCUT2D eigenvalue weighted by Gasteiger charge is -2.12. The second-order valence-electron chi connectivity index (χ2n) is 6.37. The summed E-state index contributed by atoms with van der Waals surface area (Å²) in [7, 11) is 1.65. The lowest BCUT2D eigenvalue weighted by molar-refractivity contribution is -0.120. The highest BCUT2D eigenvalue weighted by Crippen LogP contribution is 2.31. The molecule has 0 aliphatic rings. The Hall–Kier alpha value is -2.79. The van der Waals surface area contributed by atoms with E-state index in [-0.39, 0.29) is 12.3 Å². The Balaban J connectivity index is 2.20. The number of amides is 1. The van der Waals surface area contributed by atoms with E-state index in [0.29, 0.717) is 0 Å². The zero-order valence-electron chi connectivity index (χ0n) is 15.3. The number of hydrogen-bond donors (Lipinski definition) is 2. The monoisotopic (exact) mass is 351 g/mol. The molecule has 136 valence electrons. The van der Waals surface area contributed by atoms with Crippen molar-refractivity contribution in [3.05, 3.63) is 65.4 Å². The number of fused-ring (bicyclic) bond motifs is 1. The molecule has 0 saturated heterocycles. The second kappa shape index (κ2) is 8.06. The molecule has 0 radical (unpaired) electrons. The standard InChI is InChI=1S/C21H25N3O2/c1-3-7-19-18(13-21(25)23-22)17-12-16(26-2)10-11-20(17)24(19)14-15-8-5-4-6-9-15/h4-6,8-12H,3,7,13-14,22H2,1-2H3,(H,23,25). The highest BCUT2D eigenvalue weighted by atomic mass is 16.5. The van der Waals surface area contributed by atoms with Crippen LogP contribution in [0.2, 0.25) is 0 Å². The number of hydrazine groups is 1. The molecule has 3 N–H and O–H groups in total. The van der Waals surface area contributed by atoms with Gasteiger partial charge in [0.05, 0.1) is 13.5 Å². The normalized spacial score (nSPS) is 10.9. The van der Waals surface area contributed by atoms with Crippen LogP contribution in [-0.4, -0.2) is 17.6 Å². The molecule has 1 aromatic heterocycles. The van der Waals surface area contributed by atoms with Gasteiger partial charge in [-0.05, 0) is 35.7 Å². The molecule has 0 aliphatic carbocycles. The van der Waals surface area contributed by atoms with Crippen LogP contribution in [0.1, 0.15) is 30.2 Å². The fourth-order valence-corrected chi connectivity index (χ4v) is 3.46.